The highest BCUT2D eigenvalue weighted by Crippen LogP contribution is 2.31. The Kier molecular flexibility index (Phi) is 4.63. The first-order valence-corrected chi connectivity index (χ1v) is 7.82. The van der Waals surface area contributed by atoms with Gasteiger partial charge in [-0.15, -0.1) is 0 Å². The van der Waals surface area contributed by atoms with Gasteiger partial charge in [0.1, 0.15) is 0 Å². The van der Waals surface area contributed by atoms with Crippen molar-refractivity contribution in [1.29, 1.82) is 0 Å². The molecular weight excluding hydrogens is 262 g/mol. The lowest BCUT2D eigenvalue weighted by Crippen LogP contribution is -2.34. The molecule has 0 aliphatic heterocycles. The fourth-order valence-electron chi connectivity index (χ4n) is 2.52. The van der Waals surface area contributed by atoms with Gasteiger partial charge in [-0.05, 0) is 32.1 Å². The molecule has 2 unspecified atom stereocenters. The topological polar surface area (TPSA) is 68.1 Å². The molecule has 1 aromatic heterocycles. The number of nitrogens with one attached hydrogen (secondary N) is 1. The van der Waals surface area contributed by atoms with E-state index >= 15 is 0 Å². The summed E-state index contributed by atoms with van der Waals surface area (Å²) in [6, 6.07) is 3.48. The van der Waals surface area contributed by atoms with Gasteiger partial charge in [-0.1, -0.05) is 12.8 Å². The molecule has 1 heterocycles. The van der Waals surface area contributed by atoms with Gasteiger partial charge >= 0.3 is 5.69 Å². The van der Waals surface area contributed by atoms with Crippen molar-refractivity contribution in [2.45, 2.75) is 43.9 Å². The maximum absolute atomic E-state index is 11.0. The third-order valence-electron chi connectivity index (χ3n) is 3.54. The highest BCUT2D eigenvalue weighted by molar-refractivity contribution is 7.99. The molecule has 2 atom stereocenters. The summed E-state index contributed by atoms with van der Waals surface area (Å²) < 4.78 is 0. The minimum atomic E-state index is -0.369. The Hall–Kier alpha value is -1.30. The van der Waals surface area contributed by atoms with Gasteiger partial charge in [0.15, 0.2) is 0 Å². The molecule has 1 aliphatic rings. The van der Waals surface area contributed by atoms with Crippen LogP contribution < -0.4 is 5.32 Å². The van der Waals surface area contributed by atoms with Crippen molar-refractivity contribution < 1.29 is 4.92 Å². The summed E-state index contributed by atoms with van der Waals surface area (Å²) in [6.45, 7) is 1.85. The molecule has 1 N–H and O–H groups in total. The average molecular weight is 281 g/mol. The van der Waals surface area contributed by atoms with E-state index in [0.29, 0.717) is 11.1 Å². The number of thioether (sulfide) groups is 1. The molecule has 0 radical (unpaired) electrons. The molecule has 0 bridgehead atoms. The van der Waals surface area contributed by atoms with Gasteiger partial charge in [-0.3, -0.25) is 10.1 Å². The molecule has 2 rings (SSSR count). The van der Waals surface area contributed by atoms with E-state index in [2.05, 4.69) is 16.6 Å². The fraction of sp³-hybridized carbons (Fsp3) is 0.615. The minimum Gasteiger partial charge on any atom is -0.360 e. The van der Waals surface area contributed by atoms with Gasteiger partial charge in [-0.2, -0.15) is 11.8 Å². The molecule has 0 saturated heterocycles. The van der Waals surface area contributed by atoms with E-state index in [1.165, 1.54) is 25.3 Å². The molecule has 1 aliphatic carbocycles. The van der Waals surface area contributed by atoms with E-state index in [4.69, 9.17) is 0 Å². The predicted octanol–water partition coefficient (Wildman–Crippen LogP) is 3.38. The van der Waals surface area contributed by atoms with Gasteiger partial charge in [0, 0.05) is 23.1 Å². The number of pyridine rings is 1. The van der Waals surface area contributed by atoms with Crippen LogP contribution in [-0.2, 0) is 0 Å². The second-order valence-corrected chi connectivity index (χ2v) is 5.96. The van der Waals surface area contributed by atoms with Gasteiger partial charge in [0.2, 0.25) is 5.82 Å². The summed E-state index contributed by atoms with van der Waals surface area (Å²) in [6.07, 6.45) is 6.74. The van der Waals surface area contributed by atoms with E-state index < -0.39 is 0 Å². The standard InChI is InChI=1S/C13H19N3O2S/c1-9-7-8-11(16(17)18)13(14-9)15-10-5-3-4-6-12(10)19-2/h7-8,10,12H,3-6H2,1-2H3,(H,14,15). The first-order valence-electron chi connectivity index (χ1n) is 6.53. The lowest BCUT2D eigenvalue weighted by molar-refractivity contribution is -0.384. The Morgan fingerprint density at radius 1 is 1.42 bits per heavy atom. The van der Waals surface area contributed by atoms with Crippen molar-refractivity contribution in [3.63, 3.8) is 0 Å². The second-order valence-electron chi connectivity index (χ2n) is 4.89. The van der Waals surface area contributed by atoms with Crippen molar-refractivity contribution in [2.24, 2.45) is 0 Å². The monoisotopic (exact) mass is 281 g/mol. The molecule has 104 valence electrons. The zero-order valence-electron chi connectivity index (χ0n) is 11.3. The first kappa shape index (κ1) is 14.1. The van der Waals surface area contributed by atoms with Crippen LogP contribution in [0.3, 0.4) is 0 Å². The first-order chi connectivity index (χ1) is 9.11. The van der Waals surface area contributed by atoms with Crippen molar-refractivity contribution >= 4 is 23.3 Å². The highest BCUT2D eigenvalue weighted by atomic mass is 32.2. The lowest BCUT2D eigenvalue weighted by atomic mass is 9.95. The Balaban J connectivity index is 2.21. The summed E-state index contributed by atoms with van der Waals surface area (Å²) in [5.41, 5.74) is 0.862. The van der Waals surface area contributed by atoms with E-state index in [1.807, 2.05) is 18.7 Å². The van der Waals surface area contributed by atoms with Crippen molar-refractivity contribution in [1.82, 2.24) is 4.98 Å². The SMILES string of the molecule is CSC1CCCCC1Nc1nc(C)ccc1[N+](=O)[O-]. The normalized spacial score (nSPS) is 23.1. The smallest absolute Gasteiger partial charge is 0.311 e. The number of nitro groups is 1. The van der Waals surface area contributed by atoms with Gasteiger partial charge < -0.3 is 5.32 Å². The largest absolute Gasteiger partial charge is 0.360 e. The molecule has 0 spiro atoms. The van der Waals surface area contributed by atoms with Crippen molar-refractivity contribution in [2.75, 3.05) is 11.6 Å². The molecule has 1 fully saturated rings. The third kappa shape index (κ3) is 3.37. The van der Waals surface area contributed by atoms with Gasteiger partial charge in [0.25, 0.3) is 0 Å². The summed E-state index contributed by atoms with van der Waals surface area (Å²) in [4.78, 5) is 15.0. The van der Waals surface area contributed by atoms with Crippen LogP contribution in [0.15, 0.2) is 12.1 Å². The van der Waals surface area contributed by atoms with Gasteiger partial charge in [-0.25, -0.2) is 4.98 Å². The predicted molar refractivity (Wildman–Crippen MR) is 78.8 cm³/mol. The summed E-state index contributed by atoms with van der Waals surface area (Å²) >= 11 is 1.83. The Bertz CT molecular complexity index is 467. The van der Waals surface area contributed by atoms with Crippen molar-refractivity contribution in [3.05, 3.63) is 27.9 Å². The maximum Gasteiger partial charge on any atom is 0.311 e. The zero-order chi connectivity index (χ0) is 13.8. The Labute approximate surface area is 117 Å². The number of nitrogens with zero attached hydrogens (tertiary/aromatic N) is 2. The van der Waals surface area contributed by atoms with Crippen LogP contribution in [0.4, 0.5) is 11.5 Å². The number of aromatic nitrogens is 1. The fourth-order valence-corrected chi connectivity index (χ4v) is 3.46. The lowest BCUT2D eigenvalue weighted by Gasteiger charge is -2.31. The minimum absolute atomic E-state index is 0.0658. The summed E-state index contributed by atoms with van der Waals surface area (Å²) in [5.74, 6) is 0.413. The maximum atomic E-state index is 11.0. The van der Waals surface area contributed by atoms with E-state index in [9.17, 15) is 10.1 Å². The van der Waals surface area contributed by atoms with Crippen molar-refractivity contribution in [3.8, 4) is 0 Å². The van der Waals surface area contributed by atoms with E-state index in [0.717, 1.165) is 12.1 Å². The number of hydrogen-bond acceptors (Lipinski definition) is 5. The Morgan fingerprint density at radius 3 is 2.84 bits per heavy atom. The van der Waals surface area contributed by atoms with Crippen LogP contribution in [0.5, 0.6) is 0 Å². The summed E-state index contributed by atoms with van der Waals surface area (Å²) in [7, 11) is 0. The second kappa shape index (κ2) is 6.23. The number of anilines is 1. The molecule has 19 heavy (non-hydrogen) atoms. The number of hydrogen-bond donors (Lipinski definition) is 1. The third-order valence-corrected chi connectivity index (χ3v) is 4.71. The van der Waals surface area contributed by atoms with E-state index in [-0.39, 0.29) is 16.7 Å². The van der Waals surface area contributed by atoms with Crippen LogP contribution in [0.2, 0.25) is 0 Å². The molecule has 1 saturated carbocycles. The van der Waals surface area contributed by atoms with Crippen LogP contribution in [0.1, 0.15) is 31.4 Å². The molecular formula is C13H19N3O2S. The van der Waals surface area contributed by atoms with Crippen LogP contribution in [-0.4, -0.2) is 27.5 Å². The van der Waals surface area contributed by atoms with E-state index in [1.54, 1.807) is 6.07 Å². The molecule has 0 aromatic carbocycles. The molecule has 5 nitrogen and oxygen atoms in total. The highest BCUT2D eigenvalue weighted by Gasteiger charge is 2.27. The molecule has 0 amide bonds. The molecule has 1 aromatic rings. The van der Waals surface area contributed by atoms with Crippen LogP contribution in [0, 0.1) is 17.0 Å². The number of rotatable bonds is 4. The average Bonchev–Trinajstić information content (AvgIpc) is 2.39. The van der Waals surface area contributed by atoms with Gasteiger partial charge in [0.05, 0.1) is 4.92 Å². The molecule has 6 heteroatoms. The quantitative estimate of drug-likeness (QED) is 0.677. The van der Waals surface area contributed by atoms with Crippen LogP contribution in [0.25, 0.3) is 0 Å². The Morgan fingerprint density at radius 2 is 2.16 bits per heavy atom. The van der Waals surface area contributed by atoms with Crippen LogP contribution >= 0.6 is 11.8 Å². The zero-order valence-corrected chi connectivity index (χ0v) is 12.1. The number of aryl methyl sites for hydroxylation is 1. The summed E-state index contributed by atoms with van der Waals surface area (Å²) in [5, 5.41) is 14.9.